The predicted molar refractivity (Wildman–Crippen MR) is 175 cm³/mol. The van der Waals surface area contributed by atoms with Crippen LogP contribution in [0.2, 0.25) is 0 Å². The van der Waals surface area contributed by atoms with E-state index in [-0.39, 0.29) is 43.5 Å². The van der Waals surface area contributed by atoms with Gasteiger partial charge in [-0.3, -0.25) is 4.79 Å². The molecule has 0 aliphatic carbocycles. The lowest BCUT2D eigenvalue weighted by Crippen LogP contribution is -2.59. The van der Waals surface area contributed by atoms with Crippen LogP contribution in [0.15, 0.2) is 55.6 Å². The summed E-state index contributed by atoms with van der Waals surface area (Å²) in [6.07, 6.45) is -5.85. The molecule has 3 heterocycles. The van der Waals surface area contributed by atoms with Crippen molar-refractivity contribution >= 4 is 35.0 Å². The van der Waals surface area contributed by atoms with E-state index in [1.54, 1.807) is 30.3 Å². The van der Waals surface area contributed by atoms with Crippen LogP contribution in [-0.4, -0.2) is 85.7 Å². The highest BCUT2D eigenvalue weighted by molar-refractivity contribution is 6.13. The summed E-state index contributed by atoms with van der Waals surface area (Å²) >= 11 is 0. The Bertz CT molecular complexity index is 1920. The Balaban J connectivity index is 1.49. The highest BCUT2D eigenvalue weighted by Gasteiger charge is 2.50. The lowest BCUT2D eigenvalue weighted by molar-refractivity contribution is -0.252. The molecule has 0 spiro atoms. The summed E-state index contributed by atoms with van der Waals surface area (Å²) in [4.78, 5) is 51.1. The number of benzene rings is 3. The molecule has 3 aromatic carbocycles. The first-order valence-electron chi connectivity index (χ1n) is 15.9. The molecule has 2 N–H and O–H groups in total. The highest BCUT2D eigenvalue weighted by atomic mass is 16.8. The lowest BCUT2D eigenvalue weighted by Gasteiger charge is -2.40. The Morgan fingerprint density at radius 1 is 0.846 bits per heavy atom. The molecule has 3 aromatic rings. The number of rotatable bonds is 12. The van der Waals surface area contributed by atoms with E-state index in [9.17, 15) is 29.4 Å². The van der Waals surface area contributed by atoms with Crippen LogP contribution in [0.5, 0.6) is 17.2 Å². The van der Waals surface area contributed by atoms with Crippen molar-refractivity contribution in [1.82, 2.24) is 0 Å². The topological polar surface area (TPSA) is 201 Å². The van der Waals surface area contributed by atoms with E-state index >= 15 is 0 Å². The Kier molecular flexibility index (Phi) is 10.8. The smallest absolute Gasteiger partial charge is 0.460 e. The summed E-state index contributed by atoms with van der Waals surface area (Å²) < 4.78 is 55.4. The molecule has 52 heavy (non-hydrogen) atoms. The van der Waals surface area contributed by atoms with E-state index < -0.39 is 68.7 Å². The van der Waals surface area contributed by atoms with Gasteiger partial charge in [0.15, 0.2) is 23.7 Å². The molecule has 4 atom stereocenters. The lowest BCUT2D eigenvalue weighted by atomic mass is 9.87. The maximum absolute atomic E-state index is 13.5. The number of cyclic esters (lactones) is 1. The maximum Gasteiger partial charge on any atom is 0.509 e. The third-order valence-corrected chi connectivity index (χ3v) is 8.27. The van der Waals surface area contributed by atoms with E-state index in [1.807, 2.05) is 0 Å². The summed E-state index contributed by atoms with van der Waals surface area (Å²) in [5.41, 5.74) is 2.09. The van der Waals surface area contributed by atoms with Crippen LogP contribution in [0, 0.1) is 0 Å². The van der Waals surface area contributed by atoms with Gasteiger partial charge in [-0.1, -0.05) is 31.4 Å². The summed E-state index contributed by atoms with van der Waals surface area (Å²) in [6, 6.07) is 8.33. The third-order valence-electron chi connectivity index (χ3n) is 8.27. The molecule has 16 nitrogen and oxygen atoms in total. The summed E-state index contributed by atoms with van der Waals surface area (Å²) in [5, 5.41) is 21.3. The fourth-order valence-corrected chi connectivity index (χ4v) is 6.08. The number of hydrogen-bond acceptors (Lipinski definition) is 16. The quantitative estimate of drug-likeness (QED) is 0.154. The molecule has 0 aromatic heterocycles. The molecule has 1 saturated heterocycles. The molecule has 3 aliphatic heterocycles. The molecule has 1 fully saturated rings. The van der Waals surface area contributed by atoms with E-state index in [0.717, 1.165) is 6.92 Å². The minimum Gasteiger partial charge on any atom is -0.460 e. The van der Waals surface area contributed by atoms with Crippen molar-refractivity contribution in [3.63, 3.8) is 0 Å². The van der Waals surface area contributed by atoms with Crippen molar-refractivity contribution in [1.29, 1.82) is 0 Å². The van der Waals surface area contributed by atoms with Gasteiger partial charge in [-0.15, -0.1) is 0 Å². The first kappa shape index (κ1) is 36.0. The van der Waals surface area contributed by atoms with Crippen LogP contribution in [0.4, 0.5) is 9.59 Å². The molecule has 16 heteroatoms. The predicted octanol–water partition coefficient (Wildman–Crippen LogP) is 3.97. The van der Waals surface area contributed by atoms with Gasteiger partial charge in [0.2, 0.25) is 19.2 Å². The number of hydrogen-bond donors (Lipinski definition) is 2. The minimum absolute atomic E-state index is 0.0168. The van der Waals surface area contributed by atoms with Crippen molar-refractivity contribution in [2.45, 2.75) is 51.3 Å². The fourth-order valence-electron chi connectivity index (χ4n) is 6.08. The highest BCUT2D eigenvalue weighted by Crippen LogP contribution is 2.48. The number of esters is 2. The summed E-state index contributed by atoms with van der Waals surface area (Å²) in [7, 11) is 0. The SMILES string of the molecule is C=CCOC(=O)O[C@@H]1COC(Oc2c3c(c(-c4ccc5c(c4)OCO5)c4cc(CO)c(CO)cc24)C(=O)OC3)[C@H](OC(=O)OCC=C)[C@H]1OC(C)=O. The van der Waals surface area contributed by atoms with E-state index in [4.69, 9.17) is 47.4 Å². The normalized spacial score (nSPS) is 19.9. The second-order valence-corrected chi connectivity index (χ2v) is 11.5. The average molecular weight is 723 g/mol. The molecular formula is C36H34O16. The Morgan fingerprint density at radius 3 is 2.19 bits per heavy atom. The van der Waals surface area contributed by atoms with Crippen molar-refractivity contribution < 1.29 is 76.8 Å². The van der Waals surface area contributed by atoms with Gasteiger partial charge in [-0.25, -0.2) is 14.4 Å². The van der Waals surface area contributed by atoms with Crippen LogP contribution in [0.1, 0.15) is 34.0 Å². The van der Waals surface area contributed by atoms with Crippen molar-refractivity contribution in [2.75, 3.05) is 26.6 Å². The van der Waals surface area contributed by atoms with Gasteiger partial charge < -0.3 is 57.6 Å². The van der Waals surface area contributed by atoms with E-state index in [2.05, 4.69) is 13.2 Å². The molecular weight excluding hydrogens is 688 g/mol. The van der Waals surface area contributed by atoms with Gasteiger partial charge in [-0.2, -0.15) is 0 Å². The van der Waals surface area contributed by atoms with Crippen molar-refractivity contribution in [3.05, 3.63) is 77.9 Å². The number of carbonyl (C=O) groups excluding carboxylic acids is 4. The molecule has 0 amide bonds. The maximum atomic E-state index is 13.5. The third kappa shape index (κ3) is 7.16. The second-order valence-electron chi connectivity index (χ2n) is 11.5. The molecule has 3 aliphatic rings. The average Bonchev–Trinajstić information content (AvgIpc) is 3.77. The zero-order chi connectivity index (χ0) is 36.9. The van der Waals surface area contributed by atoms with Gasteiger partial charge >= 0.3 is 24.2 Å². The fraction of sp³-hybridized carbons (Fsp3) is 0.333. The van der Waals surface area contributed by atoms with Gasteiger partial charge in [0, 0.05) is 23.4 Å². The van der Waals surface area contributed by atoms with Crippen molar-refractivity contribution in [3.8, 4) is 28.4 Å². The number of ether oxygens (including phenoxy) is 10. The number of carbonyl (C=O) groups is 4. The van der Waals surface area contributed by atoms with Crippen LogP contribution in [0.3, 0.4) is 0 Å². The first-order chi connectivity index (χ1) is 25.2. The van der Waals surface area contributed by atoms with Crippen LogP contribution >= 0.6 is 0 Å². The molecule has 0 bridgehead atoms. The Morgan fingerprint density at radius 2 is 1.52 bits per heavy atom. The number of aliphatic hydroxyl groups excluding tert-OH is 2. The van der Waals surface area contributed by atoms with E-state index in [0.29, 0.717) is 44.5 Å². The van der Waals surface area contributed by atoms with Gasteiger partial charge in [-0.05, 0) is 46.3 Å². The standard InChI is InChI=1S/C36H34O16/c1-4-8-43-35(41)50-27-16-46-34(32(31(27)49-18(3)39)52-36(42)44-9-5-2)51-30-23-11-21(14-38)20(13-37)10-22(23)28(29-24(30)15-45-33(29)40)19-6-7-25-26(12-19)48-17-47-25/h4-7,10-12,27,31-32,34,37-38H,1-2,8-9,13-17H2,3H3/t27-,31+,32-,34?/m1/s1. The van der Waals surface area contributed by atoms with E-state index in [1.165, 1.54) is 12.2 Å². The van der Waals surface area contributed by atoms with Crippen LogP contribution < -0.4 is 14.2 Å². The van der Waals surface area contributed by atoms with Gasteiger partial charge in [0.05, 0.1) is 25.4 Å². The zero-order valence-electron chi connectivity index (χ0n) is 27.8. The molecule has 0 radical (unpaired) electrons. The zero-order valence-corrected chi connectivity index (χ0v) is 27.8. The largest absolute Gasteiger partial charge is 0.509 e. The Labute approximate surface area is 295 Å². The van der Waals surface area contributed by atoms with Gasteiger partial charge in [0.25, 0.3) is 0 Å². The summed E-state index contributed by atoms with van der Waals surface area (Å²) in [6.45, 7) is 6.07. The van der Waals surface area contributed by atoms with Crippen LogP contribution in [0.25, 0.3) is 21.9 Å². The molecule has 274 valence electrons. The molecule has 1 unspecified atom stereocenters. The number of aliphatic hydroxyl groups is 2. The molecule has 6 rings (SSSR count). The first-order valence-corrected chi connectivity index (χ1v) is 15.9. The Hall–Kier alpha value is -5.84. The number of fused-ring (bicyclic) bond motifs is 3. The monoisotopic (exact) mass is 722 g/mol. The van der Waals surface area contributed by atoms with Crippen molar-refractivity contribution in [2.24, 2.45) is 0 Å². The second kappa shape index (κ2) is 15.6. The molecule has 0 saturated carbocycles. The summed E-state index contributed by atoms with van der Waals surface area (Å²) in [5.74, 6) is -0.517. The van der Waals surface area contributed by atoms with Gasteiger partial charge in [0.1, 0.15) is 25.6 Å². The van der Waals surface area contributed by atoms with Crippen LogP contribution in [-0.2, 0) is 57.8 Å². The minimum atomic E-state index is -1.64.